The highest BCUT2D eigenvalue weighted by molar-refractivity contribution is 5.81. The molecular formula is C17H24F3N3O. The molecule has 1 amide bonds. The molecule has 2 rings (SSSR count). The number of carbonyl (C=O) groups excluding carboxylic acids is 1. The molecule has 1 aliphatic rings. The molecule has 0 bridgehead atoms. The lowest BCUT2D eigenvalue weighted by Gasteiger charge is -2.37. The number of alkyl halides is 3. The van der Waals surface area contributed by atoms with Crippen molar-refractivity contribution in [2.24, 2.45) is 0 Å². The molecule has 1 aromatic carbocycles. The van der Waals surface area contributed by atoms with E-state index in [9.17, 15) is 18.0 Å². The topological polar surface area (TPSA) is 35.6 Å². The van der Waals surface area contributed by atoms with Crippen LogP contribution in [0, 0.1) is 0 Å². The lowest BCUT2D eigenvalue weighted by molar-refractivity contribution is -0.137. The van der Waals surface area contributed by atoms with Gasteiger partial charge in [0.15, 0.2) is 0 Å². The molecule has 0 aliphatic carbocycles. The molecule has 1 heterocycles. The number of nitrogens with zero attached hydrogens (tertiary/aromatic N) is 2. The lowest BCUT2D eigenvalue weighted by Crippen LogP contribution is -2.53. The van der Waals surface area contributed by atoms with Gasteiger partial charge in [0.05, 0.1) is 11.6 Å². The molecule has 1 fully saturated rings. The summed E-state index contributed by atoms with van der Waals surface area (Å²) < 4.78 is 38.3. The number of likely N-dealkylation sites (N-methyl/N-ethyl adjacent to an activating group) is 1. The van der Waals surface area contributed by atoms with Crippen molar-refractivity contribution >= 4 is 5.91 Å². The van der Waals surface area contributed by atoms with Crippen LogP contribution in [0.2, 0.25) is 0 Å². The monoisotopic (exact) mass is 343 g/mol. The molecule has 1 saturated heterocycles. The normalized spacial score (nSPS) is 18.4. The maximum Gasteiger partial charge on any atom is 0.416 e. The fourth-order valence-corrected chi connectivity index (χ4v) is 2.90. The molecule has 0 saturated carbocycles. The number of hydrogen-bond acceptors (Lipinski definition) is 3. The Balaban J connectivity index is 1.88. The number of halogens is 3. The first-order valence-electron chi connectivity index (χ1n) is 8.21. The molecule has 1 aromatic rings. The number of carbonyl (C=O) groups is 1. The standard InChI is InChI=1S/C17H24F3N3O/c1-3-21-16(24)13(2)23-9-7-22(8-10-23)12-14-5-4-6-15(11-14)17(18,19)20/h4-6,11,13H,3,7-10,12H2,1-2H3,(H,21,24)/t13-/m0/s1. The molecule has 4 nitrogen and oxygen atoms in total. The van der Waals surface area contributed by atoms with E-state index >= 15 is 0 Å². The molecular weight excluding hydrogens is 319 g/mol. The van der Waals surface area contributed by atoms with Gasteiger partial charge in [0, 0.05) is 39.3 Å². The zero-order valence-corrected chi connectivity index (χ0v) is 14.1. The van der Waals surface area contributed by atoms with Crippen LogP contribution in [-0.4, -0.2) is 54.5 Å². The van der Waals surface area contributed by atoms with E-state index in [0.29, 0.717) is 18.7 Å². The number of nitrogens with one attached hydrogen (secondary N) is 1. The van der Waals surface area contributed by atoms with Gasteiger partial charge < -0.3 is 5.32 Å². The van der Waals surface area contributed by atoms with E-state index in [1.807, 2.05) is 13.8 Å². The Labute approximate surface area is 140 Å². The molecule has 0 radical (unpaired) electrons. The van der Waals surface area contributed by atoms with Crippen LogP contribution < -0.4 is 5.32 Å². The average molecular weight is 343 g/mol. The van der Waals surface area contributed by atoms with Crippen LogP contribution in [0.4, 0.5) is 13.2 Å². The van der Waals surface area contributed by atoms with Crippen molar-refractivity contribution in [3.63, 3.8) is 0 Å². The molecule has 0 aromatic heterocycles. The fourth-order valence-electron chi connectivity index (χ4n) is 2.90. The molecule has 24 heavy (non-hydrogen) atoms. The molecule has 1 aliphatic heterocycles. The molecule has 1 N–H and O–H groups in total. The highest BCUT2D eigenvalue weighted by atomic mass is 19.4. The summed E-state index contributed by atoms with van der Waals surface area (Å²) >= 11 is 0. The van der Waals surface area contributed by atoms with Crippen molar-refractivity contribution in [3.05, 3.63) is 35.4 Å². The molecule has 134 valence electrons. The van der Waals surface area contributed by atoms with Crippen molar-refractivity contribution in [2.45, 2.75) is 32.6 Å². The Bertz CT molecular complexity index is 554. The second-order valence-electron chi connectivity index (χ2n) is 6.08. The summed E-state index contributed by atoms with van der Waals surface area (Å²) in [5, 5.41) is 2.81. The van der Waals surface area contributed by atoms with Crippen LogP contribution in [0.5, 0.6) is 0 Å². The maximum atomic E-state index is 12.8. The van der Waals surface area contributed by atoms with E-state index in [0.717, 1.165) is 32.2 Å². The average Bonchev–Trinajstić information content (AvgIpc) is 2.54. The molecule has 1 atom stereocenters. The highest BCUT2D eigenvalue weighted by Gasteiger charge is 2.30. The smallest absolute Gasteiger partial charge is 0.355 e. The number of benzene rings is 1. The van der Waals surface area contributed by atoms with Gasteiger partial charge in [-0.2, -0.15) is 13.2 Å². The third-order valence-electron chi connectivity index (χ3n) is 4.35. The Hall–Kier alpha value is -1.60. The van der Waals surface area contributed by atoms with Gasteiger partial charge in [-0.05, 0) is 25.5 Å². The first-order valence-corrected chi connectivity index (χ1v) is 8.21. The summed E-state index contributed by atoms with van der Waals surface area (Å²) in [6, 6.07) is 5.30. The van der Waals surface area contributed by atoms with Gasteiger partial charge in [-0.3, -0.25) is 14.6 Å². The van der Waals surface area contributed by atoms with Gasteiger partial charge in [-0.25, -0.2) is 0 Å². The van der Waals surface area contributed by atoms with Crippen LogP contribution in [-0.2, 0) is 17.5 Å². The van der Waals surface area contributed by atoms with Gasteiger partial charge in [0.2, 0.25) is 5.91 Å². The number of rotatable bonds is 5. The summed E-state index contributed by atoms with van der Waals surface area (Å²) in [5.41, 5.74) is 0.0542. The molecule has 0 spiro atoms. The second kappa shape index (κ2) is 7.98. The zero-order valence-electron chi connectivity index (χ0n) is 14.1. The van der Waals surface area contributed by atoms with Crippen molar-refractivity contribution in [1.29, 1.82) is 0 Å². The minimum Gasteiger partial charge on any atom is -0.355 e. The summed E-state index contributed by atoms with van der Waals surface area (Å²) in [7, 11) is 0. The van der Waals surface area contributed by atoms with Crippen LogP contribution >= 0.6 is 0 Å². The summed E-state index contributed by atoms with van der Waals surface area (Å²) in [5.74, 6) is 0.0174. The minimum atomic E-state index is -4.31. The molecule has 0 unspecified atom stereocenters. The largest absolute Gasteiger partial charge is 0.416 e. The van der Waals surface area contributed by atoms with Gasteiger partial charge >= 0.3 is 6.18 Å². The van der Waals surface area contributed by atoms with E-state index in [4.69, 9.17) is 0 Å². The number of piperazine rings is 1. The fraction of sp³-hybridized carbons (Fsp3) is 0.588. The van der Waals surface area contributed by atoms with Gasteiger partial charge in [-0.15, -0.1) is 0 Å². The van der Waals surface area contributed by atoms with Crippen molar-refractivity contribution in [2.75, 3.05) is 32.7 Å². The lowest BCUT2D eigenvalue weighted by atomic mass is 10.1. The number of hydrogen-bond donors (Lipinski definition) is 1. The van der Waals surface area contributed by atoms with Crippen molar-refractivity contribution in [1.82, 2.24) is 15.1 Å². The van der Waals surface area contributed by atoms with Crippen LogP contribution in [0.3, 0.4) is 0 Å². The quantitative estimate of drug-likeness (QED) is 0.891. The first-order chi connectivity index (χ1) is 11.3. The van der Waals surface area contributed by atoms with Gasteiger partial charge in [0.25, 0.3) is 0 Å². The second-order valence-corrected chi connectivity index (χ2v) is 6.08. The van der Waals surface area contributed by atoms with Crippen molar-refractivity contribution in [3.8, 4) is 0 Å². The predicted molar refractivity (Wildman–Crippen MR) is 86.4 cm³/mol. The van der Waals surface area contributed by atoms with E-state index < -0.39 is 11.7 Å². The van der Waals surface area contributed by atoms with E-state index in [2.05, 4.69) is 15.1 Å². The Morgan fingerprint density at radius 3 is 2.50 bits per heavy atom. The summed E-state index contributed by atoms with van der Waals surface area (Å²) in [6.07, 6.45) is -4.31. The Morgan fingerprint density at radius 2 is 1.92 bits per heavy atom. The van der Waals surface area contributed by atoms with Crippen LogP contribution in [0.1, 0.15) is 25.0 Å². The van der Waals surface area contributed by atoms with E-state index in [-0.39, 0.29) is 11.9 Å². The van der Waals surface area contributed by atoms with E-state index in [1.165, 1.54) is 12.1 Å². The third kappa shape index (κ3) is 4.95. The van der Waals surface area contributed by atoms with Crippen LogP contribution in [0.25, 0.3) is 0 Å². The maximum absolute atomic E-state index is 12.8. The Morgan fingerprint density at radius 1 is 1.25 bits per heavy atom. The Kier molecular flexibility index (Phi) is 6.23. The van der Waals surface area contributed by atoms with Crippen LogP contribution in [0.15, 0.2) is 24.3 Å². The number of amides is 1. The summed E-state index contributed by atoms with van der Waals surface area (Å²) in [6.45, 7) is 7.81. The minimum absolute atomic E-state index is 0.0174. The third-order valence-corrected chi connectivity index (χ3v) is 4.35. The zero-order chi connectivity index (χ0) is 17.7. The molecule has 7 heteroatoms. The first kappa shape index (κ1) is 18.7. The van der Waals surface area contributed by atoms with Gasteiger partial charge in [-0.1, -0.05) is 18.2 Å². The summed E-state index contributed by atoms with van der Waals surface area (Å²) in [4.78, 5) is 16.1. The van der Waals surface area contributed by atoms with E-state index in [1.54, 1.807) is 6.07 Å². The van der Waals surface area contributed by atoms with Crippen molar-refractivity contribution < 1.29 is 18.0 Å². The van der Waals surface area contributed by atoms with Gasteiger partial charge in [0.1, 0.15) is 0 Å². The SMILES string of the molecule is CCNC(=O)[C@H](C)N1CCN(Cc2cccc(C(F)(F)F)c2)CC1. The predicted octanol–water partition coefficient (Wildman–Crippen LogP) is 2.35. The highest BCUT2D eigenvalue weighted by Crippen LogP contribution is 2.29.